The van der Waals surface area contributed by atoms with Crippen LogP contribution in [0.1, 0.15) is 9.75 Å². The summed E-state index contributed by atoms with van der Waals surface area (Å²) in [6.07, 6.45) is 1.14. The lowest BCUT2D eigenvalue weighted by Gasteiger charge is -2.07. The molecule has 0 atom stereocenters. The minimum absolute atomic E-state index is 0.569. The molecule has 1 aromatic carbocycles. The van der Waals surface area contributed by atoms with Crippen molar-refractivity contribution in [3.63, 3.8) is 0 Å². The predicted octanol–water partition coefficient (Wildman–Crippen LogP) is 3.04. The van der Waals surface area contributed by atoms with Crippen LogP contribution in [0.4, 0.5) is 11.4 Å². The van der Waals surface area contributed by atoms with E-state index in [4.69, 9.17) is 0 Å². The molecule has 4 nitrogen and oxygen atoms in total. The molecule has 0 fully saturated rings. The highest BCUT2D eigenvalue weighted by atomic mass is 32.2. The van der Waals surface area contributed by atoms with E-state index in [2.05, 4.69) is 29.1 Å². The Kier molecular flexibility index (Phi) is 4.11. The molecule has 2 rings (SSSR count). The van der Waals surface area contributed by atoms with E-state index in [1.807, 2.05) is 12.1 Å². The molecule has 0 amide bonds. The summed E-state index contributed by atoms with van der Waals surface area (Å²) in [5.74, 6) is 0. The number of hydrogen-bond acceptors (Lipinski definition) is 4. The number of hydrogen-bond donors (Lipinski definition) is 2. The van der Waals surface area contributed by atoms with Crippen LogP contribution in [-0.2, 0) is 16.6 Å². The molecule has 2 N–H and O–H groups in total. The second kappa shape index (κ2) is 5.63. The van der Waals surface area contributed by atoms with E-state index in [0.717, 1.165) is 18.5 Å². The molecular formula is C13H16N2O2S2. The molecule has 0 aliphatic heterocycles. The molecule has 1 heterocycles. The van der Waals surface area contributed by atoms with Crippen LogP contribution < -0.4 is 10.0 Å². The molecule has 0 saturated carbocycles. The summed E-state index contributed by atoms with van der Waals surface area (Å²) in [7, 11) is -3.21. The molecule has 19 heavy (non-hydrogen) atoms. The number of benzene rings is 1. The molecular weight excluding hydrogens is 280 g/mol. The fraction of sp³-hybridized carbons (Fsp3) is 0.231. The van der Waals surface area contributed by atoms with Crippen LogP contribution in [0, 0.1) is 6.92 Å². The van der Waals surface area contributed by atoms with Crippen molar-refractivity contribution in [2.45, 2.75) is 13.5 Å². The zero-order chi connectivity index (χ0) is 13.9. The van der Waals surface area contributed by atoms with E-state index in [0.29, 0.717) is 5.69 Å². The Hall–Kier alpha value is -1.53. The maximum absolute atomic E-state index is 11.1. The summed E-state index contributed by atoms with van der Waals surface area (Å²) in [6.45, 7) is 2.86. The highest BCUT2D eigenvalue weighted by molar-refractivity contribution is 7.92. The molecule has 102 valence electrons. The van der Waals surface area contributed by atoms with Gasteiger partial charge in [-0.1, -0.05) is 0 Å². The lowest BCUT2D eigenvalue weighted by molar-refractivity contribution is 0.607. The summed E-state index contributed by atoms with van der Waals surface area (Å²) in [5.41, 5.74) is 1.53. The molecule has 0 radical (unpaired) electrons. The summed E-state index contributed by atoms with van der Waals surface area (Å²) < 4.78 is 24.6. The van der Waals surface area contributed by atoms with Gasteiger partial charge in [0, 0.05) is 27.7 Å². The van der Waals surface area contributed by atoms with Crippen molar-refractivity contribution >= 4 is 32.7 Å². The molecule has 1 aromatic heterocycles. The van der Waals surface area contributed by atoms with Crippen molar-refractivity contribution in [1.82, 2.24) is 0 Å². The largest absolute Gasteiger partial charge is 0.380 e. The Morgan fingerprint density at radius 1 is 1.05 bits per heavy atom. The lowest BCUT2D eigenvalue weighted by Crippen LogP contribution is -2.09. The second-order valence-electron chi connectivity index (χ2n) is 4.32. The molecule has 0 aliphatic carbocycles. The molecule has 2 aromatic rings. The van der Waals surface area contributed by atoms with Gasteiger partial charge in [0.05, 0.1) is 6.26 Å². The van der Waals surface area contributed by atoms with Crippen LogP contribution in [0.3, 0.4) is 0 Å². The summed E-state index contributed by atoms with van der Waals surface area (Å²) in [5, 5.41) is 3.30. The minimum Gasteiger partial charge on any atom is -0.380 e. The first-order valence-electron chi connectivity index (χ1n) is 5.79. The van der Waals surface area contributed by atoms with Crippen LogP contribution in [0.2, 0.25) is 0 Å². The number of thiophene rings is 1. The Labute approximate surface area is 117 Å². The zero-order valence-corrected chi connectivity index (χ0v) is 12.4. The zero-order valence-electron chi connectivity index (χ0n) is 10.8. The van der Waals surface area contributed by atoms with Gasteiger partial charge in [-0.2, -0.15) is 0 Å². The molecule has 0 aliphatic rings. The molecule has 0 saturated heterocycles. The van der Waals surface area contributed by atoms with Gasteiger partial charge in [-0.15, -0.1) is 11.3 Å². The number of rotatable bonds is 5. The number of sulfonamides is 1. The van der Waals surface area contributed by atoms with Gasteiger partial charge in [0.1, 0.15) is 0 Å². The van der Waals surface area contributed by atoms with E-state index >= 15 is 0 Å². The maximum Gasteiger partial charge on any atom is 0.229 e. The average molecular weight is 296 g/mol. The average Bonchev–Trinajstić information content (AvgIpc) is 2.72. The van der Waals surface area contributed by atoms with Gasteiger partial charge in [-0.25, -0.2) is 8.42 Å². The number of anilines is 2. The van der Waals surface area contributed by atoms with Crippen LogP contribution in [-0.4, -0.2) is 14.7 Å². The third-order valence-electron chi connectivity index (χ3n) is 2.45. The van der Waals surface area contributed by atoms with Crippen molar-refractivity contribution in [2.24, 2.45) is 0 Å². The Morgan fingerprint density at radius 3 is 2.21 bits per heavy atom. The van der Waals surface area contributed by atoms with Crippen LogP contribution in [0.25, 0.3) is 0 Å². The van der Waals surface area contributed by atoms with Gasteiger partial charge in [0.15, 0.2) is 0 Å². The summed E-state index contributed by atoms with van der Waals surface area (Å²) in [6, 6.07) is 11.4. The number of aryl methyl sites for hydroxylation is 1. The van der Waals surface area contributed by atoms with Gasteiger partial charge in [0.25, 0.3) is 0 Å². The highest BCUT2D eigenvalue weighted by Crippen LogP contribution is 2.18. The van der Waals surface area contributed by atoms with Crippen LogP contribution in [0.5, 0.6) is 0 Å². The van der Waals surface area contributed by atoms with Crippen molar-refractivity contribution in [1.29, 1.82) is 0 Å². The minimum atomic E-state index is -3.21. The molecule has 0 bridgehead atoms. The SMILES string of the molecule is Cc1ccc(CNc2ccc(NS(C)(=O)=O)cc2)s1. The van der Waals surface area contributed by atoms with Crippen LogP contribution in [0.15, 0.2) is 36.4 Å². The lowest BCUT2D eigenvalue weighted by atomic mass is 10.3. The Bertz CT molecular complexity index is 646. The Morgan fingerprint density at radius 2 is 1.68 bits per heavy atom. The van der Waals surface area contributed by atoms with Crippen LogP contribution >= 0.6 is 11.3 Å². The molecule has 6 heteroatoms. The van der Waals surface area contributed by atoms with Crippen molar-refractivity contribution in [3.8, 4) is 0 Å². The third kappa shape index (κ3) is 4.57. The smallest absolute Gasteiger partial charge is 0.229 e. The van der Waals surface area contributed by atoms with E-state index < -0.39 is 10.0 Å². The van der Waals surface area contributed by atoms with Gasteiger partial charge in [0.2, 0.25) is 10.0 Å². The van der Waals surface area contributed by atoms with Crippen molar-refractivity contribution in [3.05, 3.63) is 46.2 Å². The van der Waals surface area contributed by atoms with Gasteiger partial charge >= 0.3 is 0 Å². The normalized spacial score (nSPS) is 11.3. The first-order chi connectivity index (χ1) is 8.92. The first kappa shape index (κ1) is 13.9. The fourth-order valence-electron chi connectivity index (χ4n) is 1.64. The topological polar surface area (TPSA) is 58.2 Å². The maximum atomic E-state index is 11.1. The first-order valence-corrected chi connectivity index (χ1v) is 8.50. The highest BCUT2D eigenvalue weighted by Gasteiger charge is 2.01. The van der Waals surface area contributed by atoms with E-state index in [9.17, 15) is 8.42 Å². The van der Waals surface area contributed by atoms with Crippen molar-refractivity contribution in [2.75, 3.05) is 16.3 Å². The van der Waals surface area contributed by atoms with Gasteiger partial charge in [-0.3, -0.25) is 4.72 Å². The van der Waals surface area contributed by atoms with Gasteiger partial charge in [-0.05, 0) is 43.3 Å². The molecule has 0 unspecified atom stereocenters. The van der Waals surface area contributed by atoms with Crippen molar-refractivity contribution < 1.29 is 8.42 Å². The monoisotopic (exact) mass is 296 g/mol. The number of nitrogens with one attached hydrogen (secondary N) is 2. The summed E-state index contributed by atoms with van der Waals surface area (Å²) >= 11 is 1.76. The quantitative estimate of drug-likeness (QED) is 0.891. The van der Waals surface area contributed by atoms with E-state index in [-0.39, 0.29) is 0 Å². The van der Waals surface area contributed by atoms with E-state index in [1.165, 1.54) is 9.75 Å². The standard InChI is InChI=1S/C13H16N2O2S2/c1-10-3-8-13(18-10)9-14-11-4-6-12(7-5-11)15-19(2,16)17/h3-8,14-15H,9H2,1-2H3. The van der Waals surface area contributed by atoms with E-state index in [1.54, 1.807) is 23.5 Å². The second-order valence-corrected chi connectivity index (χ2v) is 7.44. The molecule has 0 spiro atoms. The predicted molar refractivity (Wildman–Crippen MR) is 81.3 cm³/mol. The summed E-state index contributed by atoms with van der Waals surface area (Å²) in [4.78, 5) is 2.57. The Balaban J connectivity index is 1.95. The fourth-order valence-corrected chi connectivity index (χ4v) is 3.03. The third-order valence-corrected chi connectivity index (χ3v) is 4.06. The van der Waals surface area contributed by atoms with Gasteiger partial charge < -0.3 is 5.32 Å².